The molecule has 41 heavy (non-hydrogen) atoms. The third-order valence-corrected chi connectivity index (χ3v) is 7.14. The minimum absolute atomic E-state index is 0.0850. The maximum atomic E-state index is 13.2. The molecular weight excluding hydrogens is 562 g/mol. The minimum Gasteiger partial charge on any atom is -0.493 e. The van der Waals surface area contributed by atoms with Gasteiger partial charge in [0.1, 0.15) is 12.2 Å². The molecule has 0 radical (unpaired) electrons. The monoisotopic (exact) mass is 587 g/mol. The number of aryl methyl sites for hydroxylation is 1. The normalized spacial score (nSPS) is 11.3. The van der Waals surface area contributed by atoms with Crippen molar-refractivity contribution < 1.29 is 9.90 Å². The van der Waals surface area contributed by atoms with E-state index in [1.54, 1.807) is 42.9 Å². The molecular formula is C29H26ClN7O3S. The van der Waals surface area contributed by atoms with Gasteiger partial charge < -0.3 is 20.3 Å². The number of halogens is 1. The van der Waals surface area contributed by atoms with Crippen molar-refractivity contribution in [2.75, 3.05) is 10.6 Å². The van der Waals surface area contributed by atoms with Crippen LogP contribution in [-0.4, -0.2) is 30.1 Å². The van der Waals surface area contributed by atoms with Crippen molar-refractivity contribution in [1.82, 2.24) is 13.9 Å². The van der Waals surface area contributed by atoms with Gasteiger partial charge in [-0.3, -0.25) is 14.3 Å². The average Bonchev–Trinajstić information content (AvgIpc) is 3.32. The Morgan fingerprint density at radius 3 is 2.46 bits per heavy atom. The summed E-state index contributed by atoms with van der Waals surface area (Å²) in [6.45, 7) is 3.49. The number of benzene rings is 3. The smallest absolute Gasteiger partial charge is 0.295 e. The summed E-state index contributed by atoms with van der Waals surface area (Å²) < 4.78 is 4.65. The molecule has 0 unspecified atom stereocenters. The molecule has 3 aromatic carbocycles. The van der Waals surface area contributed by atoms with Crippen molar-refractivity contribution in [3.63, 3.8) is 0 Å². The average molecular weight is 588 g/mol. The van der Waals surface area contributed by atoms with E-state index >= 15 is 0 Å². The summed E-state index contributed by atoms with van der Waals surface area (Å²) in [4.78, 5) is 26.1. The highest BCUT2D eigenvalue weighted by molar-refractivity contribution is 7.80. The topological polar surface area (TPSA) is 118 Å². The van der Waals surface area contributed by atoms with Gasteiger partial charge in [0, 0.05) is 23.1 Å². The summed E-state index contributed by atoms with van der Waals surface area (Å²) in [6.07, 6.45) is 0. The molecule has 0 atom stereocenters. The largest absolute Gasteiger partial charge is 0.493 e. The van der Waals surface area contributed by atoms with Gasteiger partial charge in [0.2, 0.25) is 16.9 Å². The molecule has 0 saturated heterocycles. The number of nitrogens with zero attached hydrogens (tertiary/aromatic N) is 5. The van der Waals surface area contributed by atoms with Gasteiger partial charge in [-0.1, -0.05) is 48.0 Å². The predicted molar refractivity (Wildman–Crippen MR) is 165 cm³/mol. The van der Waals surface area contributed by atoms with Crippen LogP contribution in [0.3, 0.4) is 0 Å². The zero-order chi connectivity index (χ0) is 29.3. The van der Waals surface area contributed by atoms with Crippen molar-refractivity contribution in [3.8, 4) is 11.6 Å². The van der Waals surface area contributed by atoms with E-state index in [-0.39, 0.29) is 40.4 Å². The molecule has 5 aromatic rings. The van der Waals surface area contributed by atoms with Crippen LogP contribution in [0.25, 0.3) is 16.6 Å². The van der Waals surface area contributed by atoms with Crippen LogP contribution in [0.5, 0.6) is 5.88 Å². The number of aromatic nitrogens is 3. The van der Waals surface area contributed by atoms with Gasteiger partial charge >= 0.3 is 0 Å². The SMILES string of the molecule is Cc1ccccc1NC(=O)Cn1c(O)c(N=NC(=S)Nc2c(C)n(C)n(-c3ccccc3)c2=O)c2cc(Cl)ccc21. The minimum atomic E-state index is -0.337. The van der Waals surface area contributed by atoms with Gasteiger partial charge in [-0.15, -0.1) is 10.2 Å². The molecule has 12 heteroatoms. The van der Waals surface area contributed by atoms with Crippen molar-refractivity contribution >= 4 is 62.8 Å². The molecule has 0 aliphatic heterocycles. The number of hydrogen-bond acceptors (Lipinski definition) is 5. The molecule has 1 amide bonds. The Hall–Kier alpha value is -4.74. The van der Waals surface area contributed by atoms with Crippen LogP contribution in [0.1, 0.15) is 11.3 Å². The molecule has 2 aromatic heterocycles. The maximum Gasteiger partial charge on any atom is 0.295 e. The summed E-state index contributed by atoms with van der Waals surface area (Å²) in [6, 6.07) is 21.6. The third-order valence-electron chi connectivity index (χ3n) is 6.72. The summed E-state index contributed by atoms with van der Waals surface area (Å²) in [7, 11) is 1.77. The maximum absolute atomic E-state index is 13.2. The summed E-state index contributed by atoms with van der Waals surface area (Å²) >= 11 is 11.6. The summed E-state index contributed by atoms with van der Waals surface area (Å²) in [5.74, 6) is -0.618. The van der Waals surface area contributed by atoms with Gasteiger partial charge in [0.15, 0.2) is 5.69 Å². The van der Waals surface area contributed by atoms with E-state index in [9.17, 15) is 14.7 Å². The van der Waals surface area contributed by atoms with E-state index in [0.717, 1.165) is 5.56 Å². The van der Waals surface area contributed by atoms with Crippen LogP contribution < -0.4 is 16.2 Å². The number of nitrogens with one attached hydrogen (secondary N) is 2. The first-order valence-corrected chi connectivity index (χ1v) is 13.4. The Labute approximate surface area is 245 Å². The fourth-order valence-corrected chi connectivity index (χ4v) is 4.86. The lowest BCUT2D eigenvalue weighted by molar-refractivity contribution is -0.116. The van der Waals surface area contributed by atoms with Crippen molar-refractivity contribution in [3.05, 3.63) is 99.4 Å². The second-order valence-corrected chi connectivity index (χ2v) is 10.2. The van der Waals surface area contributed by atoms with E-state index in [0.29, 0.717) is 33.0 Å². The van der Waals surface area contributed by atoms with E-state index in [1.807, 2.05) is 55.5 Å². The first kappa shape index (κ1) is 27.8. The lowest BCUT2D eigenvalue weighted by atomic mass is 10.2. The molecule has 208 valence electrons. The van der Waals surface area contributed by atoms with Crippen LogP contribution in [-0.2, 0) is 18.4 Å². The lowest BCUT2D eigenvalue weighted by Gasteiger charge is -2.10. The Morgan fingerprint density at radius 1 is 1.02 bits per heavy atom. The molecule has 0 saturated carbocycles. The van der Waals surface area contributed by atoms with E-state index in [4.69, 9.17) is 23.8 Å². The first-order chi connectivity index (χ1) is 19.7. The number of aromatic hydroxyl groups is 1. The second-order valence-electron chi connectivity index (χ2n) is 9.35. The summed E-state index contributed by atoms with van der Waals surface area (Å²) in [5.41, 5.74) is 3.49. The van der Waals surface area contributed by atoms with E-state index in [2.05, 4.69) is 20.9 Å². The Morgan fingerprint density at radius 2 is 1.73 bits per heavy atom. The van der Waals surface area contributed by atoms with Crippen LogP contribution >= 0.6 is 23.8 Å². The first-order valence-electron chi connectivity index (χ1n) is 12.6. The van der Waals surface area contributed by atoms with Gasteiger partial charge in [0.25, 0.3) is 5.56 Å². The predicted octanol–water partition coefficient (Wildman–Crippen LogP) is 6.23. The quantitative estimate of drug-likeness (QED) is 0.161. The molecule has 10 nitrogen and oxygen atoms in total. The van der Waals surface area contributed by atoms with Gasteiger partial charge in [0.05, 0.1) is 16.9 Å². The standard InChI is InChI=1S/C29H26ClN7O3S/c1-17-9-7-8-12-22(17)31-24(38)16-36-23-14-13-19(30)15-21(23)26(27(36)39)33-34-29(41)32-25-18(2)35(3)37(28(25)40)20-10-5-4-6-11-20/h4-15,39H,16H2,1-3H3,(H,31,38)(H,32,41). The molecule has 5 rings (SSSR count). The highest BCUT2D eigenvalue weighted by Gasteiger charge is 2.21. The van der Waals surface area contributed by atoms with Gasteiger partial charge in [-0.25, -0.2) is 4.68 Å². The van der Waals surface area contributed by atoms with Crippen LogP contribution in [0.4, 0.5) is 17.1 Å². The van der Waals surface area contributed by atoms with Crippen LogP contribution in [0, 0.1) is 13.8 Å². The van der Waals surface area contributed by atoms with E-state index in [1.165, 1.54) is 9.25 Å². The third kappa shape index (κ3) is 5.49. The molecule has 2 heterocycles. The Balaban J connectivity index is 1.43. The van der Waals surface area contributed by atoms with Gasteiger partial charge in [-0.05, 0) is 68.0 Å². The van der Waals surface area contributed by atoms with Crippen LogP contribution in [0.15, 0.2) is 87.8 Å². The summed E-state index contributed by atoms with van der Waals surface area (Å²) in [5, 5.41) is 25.9. The van der Waals surface area contributed by atoms with Crippen molar-refractivity contribution in [2.24, 2.45) is 17.3 Å². The molecule has 0 aliphatic carbocycles. The second kappa shape index (κ2) is 11.4. The van der Waals surface area contributed by atoms with Crippen molar-refractivity contribution in [1.29, 1.82) is 0 Å². The molecule has 0 spiro atoms. The zero-order valence-electron chi connectivity index (χ0n) is 22.4. The molecule has 0 aliphatic rings. The zero-order valence-corrected chi connectivity index (χ0v) is 24.0. The number of amides is 1. The molecule has 0 fully saturated rings. The Bertz CT molecular complexity index is 1890. The number of fused-ring (bicyclic) bond motifs is 1. The van der Waals surface area contributed by atoms with Crippen LogP contribution in [0.2, 0.25) is 5.02 Å². The van der Waals surface area contributed by atoms with Crippen molar-refractivity contribution in [2.45, 2.75) is 20.4 Å². The number of thiocarbonyl (C=S) groups is 1. The fraction of sp³-hybridized carbons (Fsp3) is 0.138. The molecule has 3 N–H and O–H groups in total. The number of rotatable bonds is 6. The van der Waals surface area contributed by atoms with E-state index < -0.39 is 0 Å². The number of hydrogen-bond donors (Lipinski definition) is 3. The number of azo groups is 1. The molecule has 0 bridgehead atoms. The van der Waals surface area contributed by atoms with Gasteiger partial charge in [-0.2, -0.15) is 0 Å². The number of anilines is 2. The Kier molecular flexibility index (Phi) is 7.73. The number of carbonyl (C=O) groups is 1. The highest BCUT2D eigenvalue weighted by Crippen LogP contribution is 2.40. The fourth-order valence-electron chi connectivity index (χ4n) is 4.54. The number of para-hydroxylation sites is 2. The number of carbonyl (C=O) groups excluding carboxylic acids is 1. The highest BCUT2D eigenvalue weighted by atomic mass is 35.5. The lowest BCUT2D eigenvalue weighted by Crippen LogP contribution is -2.21.